The highest BCUT2D eigenvalue weighted by molar-refractivity contribution is 6.09. The van der Waals surface area contributed by atoms with Gasteiger partial charge in [-0.3, -0.25) is 9.59 Å². The minimum Gasteiger partial charge on any atom is -0.382 e. The van der Waals surface area contributed by atoms with Gasteiger partial charge in [0.25, 0.3) is 0 Å². The van der Waals surface area contributed by atoms with Gasteiger partial charge >= 0.3 is 0 Å². The van der Waals surface area contributed by atoms with E-state index in [1.165, 1.54) is 13.8 Å². The number of carbonyl (C=O) groups excluding carboxylic acids is 2. The number of aliphatic hydroxyl groups is 2. The summed E-state index contributed by atoms with van der Waals surface area (Å²) in [7, 11) is 0. The van der Waals surface area contributed by atoms with E-state index in [2.05, 4.69) is 0 Å². The molecule has 0 saturated heterocycles. The van der Waals surface area contributed by atoms with E-state index >= 15 is 0 Å². The smallest absolute Gasteiger partial charge is 0.193 e. The summed E-state index contributed by atoms with van der Waals surface area (Å²) < 4.78 is 0. The fraction of sp³-hybridized carbons (Fsp3) is 0.133. The summed E-state index contributed by atoms with van der Waals surface area (Å²) in [6.07, 6.45) is 0. The molecule has 170 valence electrons. The summed E-state index contributed by atoms with van der Waals surface area (Å²) in [5, 5.41) is 23.1. The van der Waals surface area contributed by atoms with Gasteiger partial charge in [0.05, 0.1) is 0 Å². The predicted molar refractivity (Wildman–Crippen MR) is 132 cm³/mol. The third-order valence-corrected chi connectivity index (χ3v) is 6.39. The van der Waals surface area contributed by atoms with Crippen molar-refractivity contribution in [2.24, 2.45) is 0 Å². The molecule has 2 atom stereocenters. The van der Waals surface area contributed by atoms with Crippen LogP contribution in [0.4, 0.5) is 0 Å². The molecule has 4 heteroatoms. The van der Waals surface area contributed by atoms with Gasteiger partial charge in [0.2, 0.25) is 0 Å². The largest absolute Gasteiger partial charge is 0.382 e. The molecule has 0 aromatic heterocycles. The summed E-state index contributed by atoms with van der Waals surface area (Å²) in [5.41, 5.74) is -0.835. The lowest BCUT2D eigenvalue weighted by molar-refractivity contribution is -0.143. The quantitative estimate of drug-likeness (QED) is 0.377. The molecule has 4 nitrogen and oxygen atoms in total. The summed E-state index contributed by atoms with van der Waals surface area (Å²) in [4.78, 5) is 25.8. The molecule has 4 aromatic rings. The monoisotopic (exact) mass is 450 g/mol. The number of benzene rings is 4. The summed E-state index contributed by atoms with van der Waals surface area (Å²) in [5.74, 6) is -0.346. The zero-order valence-corrected chi connectivity index (χ0v) is 19.1. The third-order valence-electron chi connectivity index (χ3n) is 6.39. The average Bonchev–Trinajstić information content (AvgIpc) is 2.89. The molecule has 0 heterocycles. The second kappa shape index (κ2) is 9.18. The van der Waals surface area contributed by atoms with Crippen LogP contribution in [-0.2, 0) is 11.2 Å². The van der Waals surface area contributed by atoms with Gasteiger partial charge in [0.15, 0.2) is 11.6 Å². The average molecular weight is 451 g/mol. The van der Waals surface area contributed by atoms with Crippen LogP contribution in [0.1, 0.15) is 56.8 Å². The first-order valence-electron chi connectivity index (χ1n) is 11.1. The number of hydrogen-bond donors (Lipinski definition) is 2. The van der Waals surface area contributed by atoms with Crippen LogP contribution in [0.25, 0.3) is 0 Å². The van der Waals surface area contributed by atoms with E-state index < -0.39 is 11.2 Å². The minimum atomic E-state index is -1.76. The van der Waals surface area contributed by atoms with Crippen LogP contribution >= 0.6 is 0 Å². The zero-order chi connectivity index (χ0) is 24.3. The van der Waals surface area contributed by atoms with Crippen molar-refractivity contribution in [2.45, 2.75) is 25.0 Å². The van der Waals surface area contributed by atoms with Crippen LogP contribution in [0.2, 0.25) is 0 Å². The maximum atomic E-state index is 12.9. The first-order valence-corrected chi connectivity index (χ1v) is 11.1. The Morgan fingerprint density at radius 3 is 1.18 bits per heavy atom. The van der Waals surface area contributed by atoms with Crippen molar-refractivity contribution in [1.82, 2.24) is 0 Å². The fourth-order valence-corrected chi connectivity index (χ4v) is 4.00. The van der Waals surface area contributed by atoms with Crippen molar-refractivity contribution in [3.8, 4) is 0 Å². The molecule has 4 aromatic carbocycles. The Morgan fingerprint density at radius 1 is 0.500 bits per heavy atom. The van der Waals surface area contributed by atoms with Gasteiger partial charge < -0.3 is 10.2 Å². The number of ketones is 2. The highest BCUT2D eigenvalue weighted by Gasteiger charge is 2.45. The zero-order valence-electron chi connectivity index (χ0n) is 19.1. The molecule has 0 saturated carbocycles. The first kappa shape index (κ1) is 23.3. The molecule has 0 bridgehead atoms. The first-order chi connectivity index (χ1) is 16.2. The van der Waals surface area contributed by atoms with Crippen LogP contribution in [0.5, 0.6) is 0 Å². The van der Waals surface area contributed by atoms with Crippen molar-refractivity contribution in [2.75, 3.05) is 0 Å². The van der Waals surface area contributed by atoms with E-state index in [9.17, 15) is 19.8 Å². The van der Waals surface area contributed by atoms with Crippen LogP contribution < -0.4 is 0 Å². The molecule has 0 radical (unpaired) electrons. The van der Waals surface area contributed by atoms with Crippen LogP contribution in [0.3, 0.4) is 0 Å². The van der Waals surface area contributed by atoms with Gasteiger partial charge in [-0.1, -0.05) is 97.1 Å². The Labute approximate surface area is 199 Å². The minimum absolute atomic E-state index is 0.173. The maximum absolute atomic E-state index is 12.9. The lowest BCUT2D eigenvalue weighted by Gasteiger charge is -2.39. The second-order valence-corrected chi connectivity index (χ2v) is 8.70. The maximum Gasteiger partial charge on any atom is 0.193 e. The summed E-state index contributed by atoms with van der Waals surface area (Å²) >= 11 is 0. The van der Waals surface area contributed by atoms with E-state index in [4.69, 9.17) is 0 Å². The van der Waals surface area contributed by atoms with E-state index in [0.717, 1.165) is 0 Å². The summed E-state index contributed by atoms with van der Waals surface area (Å²) in [6.45, 7) is 3.01. The van der Waals surface area contributed by atoms with E-state index in [1.54, 1.807) is 97.1 Å². The number of hydrogen-bond acceptors (Lipinski definition) is 4. The van der Waals surface area contributed by atoms with Crippen molar-refractivity contribution in [1.29, 1.82) is 0 Å². The van der Waals surface area contributed by atoms with E-state index in [1.807, 2.05) is 12.1 Å². The molecular weight excluding hydrogens is 424 g/mol. The van der Waals surface area contributed by atoms with Crippen LogP contribution in [0.15, 0.2) is 109 Å². The molecule has 2 N–H and O–H groups in total. The lowest BCUT2D eigenvalue weighted by Crippen LogP contribution is -2.45. The molecule has 0 aliphatic carbocycles. The molecule has 0 amide bonds. The standard InChI is InChI=1S/C30H26O4/c1-29(33,25-17-9-15-23(19-25)27(31)21-11-5-3-6-12-21)30(2,34)26-18-10-16-24(20-26)28(32)22-13-7-4-8-14-22/h3-20,33-34H,1-2H3. The number of rotatable bonds is 7. The van der Waals surface area contributed by atoms with Gasteiger partial charge in [-0.15, -0.1) is 0 Å². The Kier molecular flexibility index (Phi) is 6.29. The topological polar surface area (TPSA) is 74.6 Å². The Hall–Kier alpha value is -3.86. The Bertz CT molecular complexity index is 1220. The van der Waals surface area contributed by atoms with Crippen molar-refractivity contribution < 1.29 is 19.8 Å². The van der Waals surface area contributed by atoms with Gasteiger partial charge in [-0.25, -0.2) is 0 Å². The van der Waals surface area contributed by atoms with Crippen molar-refractivity contribution in [3.05, 3.63) is 143 Å². The van der Waals surface area contributed by atoms with Gasteiger partial charge in [-0.05, 0) is 37.1 Å². The molecule has 4 rings (SSSR count). The molecule has 2 unspecified atom stereocenters. The highest BCUT2D eigenvalue weighted by atomic mass is 16.4. The fourth-order valence-electron chi connectivity index (χ4n) is 4.00. The van der Waals surface area contributed by atoms with E-state index in [-0.39, 0.29) is 11.6 Å². The summed E-state index contributed by atoms with van der Waals surface area (Å²) in [6, 6.07) is 31.1. The molecule has 0 spiro atoms. The van der Waals surface area contributed by atoms with Gasteiger partial charge in [0, 0.05) is 22.3 Å². The molecule has 0 aliphatic heterocycles. The van der Waals surface area contributed by atoms with Gasteiger partial charge in [0.1, 0.15) is 11.2 Å². The highest BCUT2D eigenvalue weighted by Crippen LogP contribution is 2.41. The molecular formula is C30H26O4. The molecule has 0 aliphatic rings. The second-order valence-electron chi connectivity index (χ2n) is 8.70. The van der Waals surface area contributed by atoms with Crippen LogP contribution in [0, 0.1) is 0 Å². The lowest BCUT2D eigenvalue weighted by atomic mass is 9.75. The van der Waals surface area contributed by atoms with Crippen molar-refractivity contribution in [3.63, 3.8) is 0 Å². The Morgan fingerprint density at radius 2 is 0.824 bits per heavy atom. The SMILES string of the molecule is CC(O)(c1cccc(C(=O)c2ccccc2)c1)C(C)(O)c1cccc(C(=O)c2ccccc2)c1. The van der Waals surface area contributed by atoms with Crippen molar-refractivity contribution >= 4 is 11.6 Å². The van der Waals surface area contributed by atoms with E-state index in [0.29, 0.717) is 33.4 Å². The normalized spacial score (nSPS) is 14.6. The molecule has 0 fully saturated rings. The van der Waals surface area contributed by atoms with Gasteiger partial charge in [-0.2, -0.15) is 0 Å². The predicted octanol–water partition coefficient (Wildman–Crippen LogP) is 5.26. The number of carbonyl (C=O) groups is 2. The molecule has 34 heavy (non-hydrogen) atoms. The Balaban J connectivity index is 1.69. The third kappa shape index (κ3) is 4.34. The van der Waals surface area contributed by atoms with Crippen LogP contribution in [-0.4, -0.2) is 21.8 Å².